The van der Waals surface area contributed by atoms with Gasteiger partial charge in [0.15, 0.2) is 0 Å². The Morgan fingerprint density at radius 3 is 2.86 bits per heavy atom. The van der Waals surface area contributed by atoms with Crippen LogP contribution in [0.3, 0.4) is 0 Å². The molecule has 2 rings (SSSR count). The highest BCUT2D eigenvalue weighted by Gasteiger charge is 2.25. The Hall–Kier alpha value is -0.990. The smallest absolute Gasteiger partial charge is 0.0728 e. The lowest BCUT2D eigenvalue weighted by Gasteiger charge is -2.34. The van der Waals surface area contributed by atoms with Crippen LogP contribution in [0.4, 0.5) is 5.69 Å². The van der Waals surface area contributed by atoms with E-state index in [1.807, 2.05) is 24.1 Å². The summed E-state index contributed by atoms with van der Waals surface area (Å²) in [5.41, 5.74) is 1.16. The minimum Gasteiger partial charge on any atom is -0.380 e. The van der Waals surface area contributed by atoms with Crippen molar-refractivity contribution in [3.63, 3.8) is 0 Å². The summed E-state index contributed by atoms with van der Waals surface area (Å²) >= 11 is 0. The number of aryl methyl sites for hydroxylation is 1. The van der Waals surface area contributed by atoms with Crippen molar-refractivity contribution < 1.29 is 0 Å². The van der Waals surface area contributed by atoms with Gasteiger partial charge in [-0.3, -0.25) is 4.68 Å². The molecule has 1 saturated carbocycles. The van der Waals surface area contributed by atoms with Gasteiger partial charge in [-0.1, -0.05) is 13.3 Å². The Labute approximate surface area is 85.5 Å². The van der Waals surface area contributed by atoms with Crippen molar-refractivity contribution >= 4 is 5.69 Å². The second kappa shape index (κ2) is 4.03. The number of rotatable bonds is 4. The molecule has 1 aromatic rings. The first-order valence-corrected chi connectivity index (χ1v) is 5.54. The number of anilines is 1. The molecule has 1 aromatic heterocycles. The van der Waals surface area contributed by atoms with E-state index in [1.54, 1.807) is 0 Å². The van der Waals surface area contributed by atoms with Crippen LogP contribution in [0.5, 0.6) is 0 Å². The summed E-state index contributed by atoms with van der Waals surface area (Å²) in [6.07, 6.45) is 9.36. The monoisotopic (exact) mass is 193 g/mol. The molecule has 0 bridgehead atoms. The molecule has 1 N–H and O–H groups in total. The Bertz CT molecular complexity index is 288. The summed E-state index contributed by atoms with van der Waals surface area (Å²) in [5.74, 6) is 0.889. The third kappa shape index (κ3) is 1.91. The molecule has 1 fully saturated rings. The molecule has 14 heavy (non-hydrogen) atoms. The van der Waals surface area contributed by atoms with Gasteiger partial charge in [-0.25, -0.2) is 0 Å². The highest BCUT2D eigenvalue weighted by molar-refractivity contribution is 5.39. The van der Waals surface area contributed by atoms with E-state index in [0.29, 0.717) is 6.04 Å². The van der Waals surface area contributed by atoms with E-state index in [2.05, 4.69) is 17.3 Å². The molecular formula is C11H19N3. The van der Waals surface area contributed by atoms with Gasteiger partial charge in [0, 0.05) is 19.3 Å². The fraction of sp³-hybridized carbons (Fsp3) is 0.727. The van der Waals surface area contributed by atoms with Gasteiger partial charge in [-0.05, 0) is 25.2 Å². The largest absolute Gasteiger partial charge is 0.380 e. The van der Waals surface area contributed by atoms with Crippen molar-refractivity contribution in [3.05, 3.63) is 12.4 Å². The molecule has 3 heteroatoms. The van der Waals surface area contributed by atoms with Crippen LogP contribution in [0, 0.1) is 5.92 Å². The zero-order chi connectivity index (χ0) is 9.97. The summed E-state index contributed by atoms with van der Waals surface area (Å²) in [5, 5.41) is 7.73. The van der Waals surface area contributed by atoms with Crippen LogP contribution >= 0.6 is 0 Å². The van der Waals surface area contributed by atoms with Crippen molar-refractivity contribution in [1.82, 2.24) is 9.78 Å². The predicted octanol–water partition coefficient (Wildman–Crippen LogP) is 2.41. The van der Waals surface area contributed by atoms with E-state index in [0.717, 1.165) is 11.6 Å². The normalized spacial score (nSPS) is 19.0. The topological polar surface area (TPSA) is 29.9 Å². The number of hydrogen-bond acceptors (Lipinski definition) is 2. The highest BCUT2D eigenvalue weighted by Crippen LogP contribution is 2.32. The Kier molecular flexibility index (Phi) is 2.75. The van der Waals surface area contributed by atoms with Crippen LogP contribution in [0.1, 0.15) is 32.6 Å². The minimum absolute atomic E-state index is 0.646. The molecule has 1 heterocycles. The van der Waals surface area contributed by atoms with E-state index < -0.39 is 0 Å². The maximum atomic E-state index is 4.16. The molecule has 0 radical (unpaired) electrons. The molecule has 0 spiro atoms. The zero-order valence-electron chi connectivity index (χ0n) is 9.03. The number of hydrogen-bond donors (Lipinski definition) is 1. The van der Waals surface area contributed by atoms with Crippen molar-refractivity contribution in [2.24, 2.45) is 13.0 Å². The van der Waals surface area contributed by atoms with Gasteiger partial charge < -0.3 is 5.32 Å². The molecular weight excluding hydrogens is 174 g/mol. The first-order valence-electron chi connectivity index (χ1n) is 5.54. The van der Waals surface area contributed by atoms with E-state index in [-0.39, 0.29) is 0 Å². The van der Waals surface area contributed by atoms with Crippen molar-refractivity contribution in [1.29, 1.82) is 0 Å². The Morgan fingerprint density at radius 2 is 2.43 bits per heavy atom. The average molecular weight is 193 g/mol. The Morgan fingerprint density at radius 1 is 1.64 bits per heavy atom. The standard InChI is InChI=1S/C11H19N3/c1-3-11(9-5-4-6-9)13-10-7-12-14(2)8-10/h7-9,11,13H,3-6H2,1-2H3. The lowest BCUT2D eigenvalue weighted by Crippen LogP contribution is -2.32. The van der Waals surface area contributed by atoms with Crippen molar-refractivity contribution in [3.8, 4) is 0 Å². The maximum Gasteiger partial charge on any atom is 0.0728 e. The van der Waals surface area contributed by atoms with Crippen molar-refractivity contribution in [2.75, 3.05) is 5.32 Å². The fourth-order valence-corrected chi connectivity index (χ4v) is 2.11. The molecule has 0 aliphatic heterocycles. The maximum absolute atomic E-state index is 4.16. The summed E-state index contributed by atoms with van der Waals surface area (Å²) in [6, 6.07) is 0.646. The quantitative estimate of drug-likeness (QED) is 0.795. The number of aromatic nitrogens is 2. The van der Waals surface area contributed by atoms with Crippen LogP contribution in [-0.4, -0.2) is 15.8 Å². The fourth-order valence-electron chi connectivity index (χ4n) is 2.11. The van der Waals surface area contributed by atoms with Crippen LogP contribution in [0.25, 0.3) is 0 Å². The van der Waals surface area contributed by atoms with E-state index in [1.165, 1.54) is 25.7 Å². The summed E-state index contributed by atoms with van der Waals surface area (Å²) in [7, 11) is 1.95. The molecule has 1 aliphatic carbocycles. The van der Waals surface area contributed by atoms with E-state index in [9.17, 15) is 0 Å². The van der Waals surface area contributed by atoms with Gasteiger partial charge >= 0.3 is 0 Å². The third-order valence-corrected chi connectivity index (χ3v) is 3.22. The van der Waals surface area contributed by atoms with Gasteiger partial charge in [-0.2, -0.15) is 5.10 Å². The van der Waals surface area contributed by atoms with Crippen LogP contribution in [0.2, 0.25) is 0 Å². The second-order valence-electron chi connectivity index (χ2n) is 4.25. The van der Waals surface area contributed by atoms with Gasteiger partial charge in [-0.15, -0.1) is 0 Å². The van der Waals surface area contributed by atoms with Gasteiger partial charge in [0.2, 0.25) is 0 Å². The molecule has 1 unspecified atom stereocenters. The van der Waals surface area contributed by atoms with Crippen LogP contribution < -0.4 is 5.32 Å². The molecule has 78 valence electrons. The second-order valence-corrected chi connectivity index (χ2v) is 4.25. The van der Waals surface area contributed by atoms with E-state index >= 15 is 0 Å². The predicted molar refractivity (Wildman–Crippen MR) is 58.3 cm³/mol. The molecule has 0 saturated heterocycles. The zero-order valence-corrected chi connectivity index (χ0v) is 9.03. The minimum atomic E-state index is 0.646. The molecule has 0 amide bonds. The first kappa shape index (κ1) is 9.56. The van der Waals surface area contributed by atoms with E-state index in [4.69, 9.17) is 0 Å². The Balaban J connectivity index is 1.93. The number of nitrogens with zero attached hydrogens (tertiary/aromatic N) is 2. The summed E-state index contributed by atoms with van der Waals surface area (Å²) < 4.78 is 1.84. The first-order chi connectivity index (χ1) is 6.79. The lowest BCUT2D eigenvalue weighted by atomic mass is 9.79. The molecule has 0 aromatic carbocycles. The number of nitrogens with one attached hydrogen (secondary N) is 1. The molecule has 1 aliphatic rings. The highest BCUT2D eigenvalue weighted by atomic mass is 15.3. The van der Waals surface area contributed by atoms with Crippen molar-refractivity contribution in [2.45, 2.75) is 38.6 Å². The van der Waals surface area contributed by atoms with Gasteiger partial charge in [0.25, 0.3) is 0 Å². The summed E-state index contributed by atoms with van der Waals surface area (Å²) in [6.45, 7) is 2.26. The van der Waals surface area contributed by atoms with Crippen LogP contribution in [0.15, 0.2) is 12.4 Å². The summed E-state index contributed by atoms with van der Waals surface area (Å²) in [4.78, 5) is 0. The van der Waals surface area contributed by atoms with Crippen LogP contribution in [-0.2, 0) is 7.05 Å². The molecule has 1 atom stereocenters. The van der Waals surface area contributed by atoms with Gasteiger partial charge in [0.05, 0.1) is 11.9 Å². The average Bonchev–Trinajstić information content (AvgIpc) is 2.47. The SMILES string of the molecule is CCC(Nc1cnn(C)c1)C1CCC1. The third-order valence-electron chi connectivity index (χ3n) is 3.22. The molecule has 3 nitrogen and oxygen atoms in total. The van der Waals surface area contributed by atoms with Gasteiger partial charge in [0.1, 0.15) is 0 Å². The lowest BCUT2D eigenvalue weighted by molar-refractivity contribution is 0.270.